The number of hydrogen-bond donors (Lipinski definition) is 2. The van der Waals surface area contributed by atoms with Gasteiger partial charge in [-0.05, 0) is 31.4 Å². The maximum Gasteiger partial charge on any atom is 0.416 e. The van der Waals surface area contributed by atoms with E-state index in [-0.39, 0.29) is 28.9 Å². The molecule has 1 aliphatic heterocycles. The van der Waals surface area contributed by atoms with Gasteiger partial charge in [-0.25, -0.2) is 4.98 Å². The standard InChI is InChI=1S/C19H20F3N3O3/c1-10-9-25(7-6-14(10)18(27)28)17(26)15-11(2)23-16(24-15)12-4-3-5-13(8-12)19(20,21)22/h3-5,8,10,14H,6-7,9H2,1-2H3,(H,23,24)(H,27,28). The minimum Gasteiger partial charge on any atom is -0.481 e. The van der Waals surface area contributed by atoms with Gasteiger partial charge in [-0.1, -0.05) is 19.1 Å². The quantitative estimate of drug-likeness (QED) is 0.832. The molecule has 1 fully saturated rings. The predicted octanol–water partition coefficient (Wildman–Crippen LogP) is 3.59. The van der Waals surface area contributed by atoms with Crippen LogP contribution in [0.1, 0.15) is 35.1 Å². The number of halogens is 3. The van der Waals surface area contributed by atoms with Gasteiger partial charge in [0.15, 0.2) is 0 Å². The van der Waals surface area contributed by atoms with Gasteiger partial charge in [-0.3, -0.25) is 9.59 Å². The number of piperidine rings is 1. The normalized spacial score (nSPS) is 20.2. The smallest absolute Gasteiger partial charge is 0.416 e. The van der Waals surface area contributed by atoms with Gasteiger partial charge in [0, 0.05) is 24.3 Å². The molecule has 9 heteroatoms. The van der Waals surface area contributed by atoms with Gasteiger partial charge in [0.25, 0.3) is 5.91 Å². The number of carbonyl (C=O) groups excluding carboxylic acids is 1. The summed E-state index contributed by atoms with van der Waals surface area (Å²) < 4.78 is 38.8. The first-order valence-corrected chi connectivity index (χ1v) is 8.84. The molecule has 1 aromatic heterocycles. The van der Waals surface area contributed by atoms with E-state index in [0.717, 1.165) is 12.1 Å². The summed E-state index contributed by atoms with van der Waals surface area (Å²) in [7, 11) is 0. The van der Waals surface area contributed by atoms with E-state index >= 15 is 0 Å². The number of carbonyl (C=O) groups is 2. The van der Waals surface area contributed by atoms with Crippen LogP contribution in [0.5, 0.6) is 0 Å². The number of alkyl halides is 3. The van der Waals surface area contributed by atoms with Crippen molar-refractivity contribution in [1.82, 2.24) is 14.9 Å². The van der Waals surface area contributed by atoms with Gasteiger partial charge < -0.3 is 15.0 Å². The van der Waals surface area contributed by atoms with Crippen molar-refractivity contribution in [2.24, 2.45) is 11.8 Å². The Labute approximate surface area is 159 Å². The van der Waals surface area contributed by atoms with Crippen LogP contribution in [-0.4, -0.2) is 44.9 Å². The zero-order valence-corrected chi connectivity index (χ0v) is 15.4. The van der Waals surface area contributed by atoms with E-state index in [0.29, 0.717) is 25.2 Å². The third-order valence-corrected chi connectivity index (χ3v) is 5.06. The molecule has 2 atom stereocenters. The van der Waals surface area contributed by atoms with Crippen LogP contribution in [-0.2, 0) is 11.0 Å². The summed E-state index contributed by atoms with van der Waals surface area (Å²) in [6.07, 6.45) is -4.12. The summed E-state index contributed by atoms with van der Waals surface area (Å²) in [6.45, 7) is 4.00. The Morgan fingerprint density at radius 1 is 1.32 bits per heavy atom. The molecule has 2 N–H and O–H groups in total. The third-order valence-electron chi connectivity index (χ3n) is 5.06. The molecule has 2 heterocycles. The Hall–Kier alpha value is -2.84. The van der Waals surface area contributed by atoms with Crippen LogP contribution in [0.2, 0.25) is 0 Å². The monoisotopic (exact) mass is 395 g/mol. The fourth-order valence-electron chi connectivity index (χ4n) is 3.49. The maximum absolute atomic E-state index is 12.9. The minimum atomic E-state index is -4.47. The summed E-state index contributed by atoms with van der Waals surface area (Å²) in [5.74, 6) is -1.74. The molecular weight excluding hydrogens is 375 g/mol. The van der Waals surface area contributed by atoms with Crippen LogP contribution in [0.25, 0.3) is 11.4 Å². The number of rotatable bonds is 3. The van der Waals surface area contributed by atoms with Crippen molar-refractivity contribution in [1.29, 1.82) is 0 Å². The van der Waals surface area contributed by atoms with Crippen molar-refractivity contribution in [3.05, 3.63) is 41.2 Å². The lowest BCUT2D eigenvalue weighted by molar-refractivity contribution is -0.145. The number of aliphatic carboxylic acids is 1. The Balaban J connectivity index is 1.83. The average molecular weight is 395 g/mol. The SMILES string of the molecule is Cc1[nH]c(-c2cccc(C(F)(F)F)c2)nc1C(=O)N1CCC(C(=O)O)C(C)C1. The molecule has 1 saturated heterocycles. The van der Waals surface area contributed by atoms with Crippen LogP contribution in [0.3, 0.4) is 0 Å². The van der Waals surface area contributed by atoms with E-state index in [1.165, 1.54) is 12.1 Å². The Kier molecular flexibility index (Phi) is 5.18. The highest BCUT2D eigenvalue weighted by molar-refractivity contribution is 5.94. The molecule has 28 heavy (non-hydrogen) atoms. The van der Waals surface area contributed by atoms with Crippen molar-refractivity contribution in [3.8, 4) is 11.4 Å². The lowest BCUT2D eigenvalue weighted by Gasteiger charge is -2.34. The summed E-state index contributed by atoms with van der Waals surface area (Å²) in [5.41, 5.74) is 0.0187. The second kappa shape index (κ2) is 7.29. The van der Waals surface area contributed by atoms with Crippen LogP contribution in [0.15, 0.2) is 24.3 Å². The Bertz CT molecular complexity index is 907. The number of carboxylic acids is 1. The predicted molar refractivity (Wildman–Crippen MR) is 94.6 cm³/mol. The molecule has 150 valence electrons. The molecule has 2 aromatic rings. The number of imidazole rings is 1. The summed E-state index contributed by atoms with van der Waals surface area (Å²) in [4.78, 5) is 32.7. The Morgan fingerprint density at radius 3 is 2.64 bits per heavy atom. The highest BCUT2D eigenvalue weighted by Crippen LogP contribution is 2.32. The number of carboxylic acid groups (broad SMARTS) is 1. The molecule has 0 spiro atoms. The van der Waals surface area contributed by atoms with Crippen LogP contribution in [0, 0.1) is 18.8 Å². The summed E-state index contributed by atoms with van der Waals surface area (Å²) >= 11 is 0. The first-order chi connectivity index (χ1) is 13.1. The van der Waals surface area contributed by atoms with Crippen LogP contribution in [0.4, 0.5) is 13.2 Å². The van der Waals surface area contributed by atoms with Crippen LogP contribution < -0.4 is 0 Å². The highest BCUT2D eigenvalue weighted by atomic mass is 19.4. The van der Waals surface area contributed by atoms with Gasteiger partial charge in [0.05, 0.1) is 11.5 Å². The summed E-state index contributed by atoms with van der Waals surface area (Å²) in [6, 6.07) is 4.73. The van der Waals surface area contributed by atoms with Crippen molar-refractivity contribution in [2.45, 2.75) is 26.4 Å². The first kappa shape index (κ1) is 19.9. The lowest BCUT2D eigenvalue weighted by Crippen LogP contribution is -2.45. The number of aromatic nitrogens is 2. The number of aromatic amines is 1. The molecule has 1 aromatic carbocycles. The fourth-order valence-corrected chi connectivity index (χ4v) is 3.49. The highest BCUT2D eigenvalue weighted by Gasteiger charge is 2.35. The maximum atomic E-state index is 12.9. The number of amides is 1. The molecule has 1 amide bonds. The number of benzene rings is 1. The van der Waals surface area contributed by atoms with E-state index in [9.17, 15) is 27.9 Å². The van der Waals surface area contributed by atoms with E-state index in [4.69, 9.17) is 0 Å². The average Bonchev–Trinajstić information content (AvgIpc) is 3.02. The van der Waals surface area contributed by atoms with E-state index in [2.05, 4.69) is 9.97 Å². The van der Waals surface area contributed by atoms with Crippen molar-refractivity contribution in [2.75, 3.05) is 13.1 Å². The Morgan fingerprint density at radius 2 is 2.04 bits per heavy atom. The van der Waals surface area contributed by atoms with E-state index in [1.54, 1.807) is 18.7 Å². The number of likely N-dealkylation sites (tertiary alicyclic amines) is 1. The second-order valence-corrected chi connectivity index (χ2v) is 7.10. The first-order valence-electron chi connectivity index (χ1n) is 8.84. The van der Waals surface area contributed by atoms with E-state index < -0.39 is 23.6 Å². The summed E-state index contributed by atoms with van der Waals surface area (Å²) in [5, 5.41) is 9.20. The van der Waals surface area contributed by atoms with Crippen molar-refractivity contribution < 1.29 is 27.9 Å². The van der Waals surface area contributed by atoms with Crippen LogP contribution >= 0.6 is 0 Å². The molecule has 3 rings (SSSR count). The van der Waals surface area contributed by atoms with Crippen molar-refractivity contribution in [3.63, 3.8) is 0 Å². The molecular formula is C19H20F3N3O3. The van der Waals surface area contributed by atoms with Gasteiger partial charge >= 0.3 is 12.1 Å². The topological polar surface area (TPSA) is 86.3 Å². The third kappa shape index (κ3) is 3.88. The number of aryl methyl sites for hydroxylation is 1. The molecule has 2 unspecified atom stereocenters. The van der Waals surface area contributed by atoms with Gasteiger partial charge in [-0.15, -0.1) is 0 Å². The minimum absolute atomic E-state index is 0.133. The number of nitrogens with zero attached hydrogens (tertiary/aromatic N) is 2. The van der Waals surface area contributed by atoms with E-state index in [1.807, 2.05) is 0 Å². The van der Waals surface area contributed by atoms with Gasteiger partial charge in [0.2, 0.25) is 0 Å². The largest absolute Gasteiger partial charge is 0.481 e. The number of hydrogen-bond acceptors (Lipinski definition) is 3. The molecule has 0 saturated carbocycles. The molecule has 6 nitrogen and oxygen atoms in total. The molecule has 0 aliphatic carbocycles. The van der Waals surface area contributed by atoms with Crippen molar-refractivity contribution >= 4 is 11.9 Å². The number of nitrogens with one attached hydrogen (secondary N) is 1. The zero-order valence-electron chi connectivity index (χ0n) is 15.4. The van der Waals surface area contributed by atoms with Gasteiger partial charge in [0.1, 0.15) is 11.5 Å². The fraction of sp³-hybridized carbons (Fsp3) is 0.421. The zero-order chi connectivity index (χ0) is 20.6. The second-order valence-electron chi connectivity index (χ2n) is 7.10. The molecule has 0 radical (unpaired) electrons. The number of H-pyrrole nitrogens is 1. The van der Waals surface area contributed by atoms with Gasteiger partial charge in [-0.2, -0.15) is 13.2 Å². The molecule has 0 bridgehead atoms. The lowest BCUT2D eigenvalue weighted by atomic mass is 9.87. The molecule has 1 aliphatic rings.